The van der Waals surface area contributed by atoms with Crippen LogP contribution in [0.1, 0.15) is 11.7 Å². The van der Waals surface area contributed by atoms with E-state index < -0.39 is 12.2 Å². The normalized spacial score (nSPS) is 13.1. The van der Waals surface area contributed by atoms with E-state index >= 15 is 0 Å². The van der Waals surface area contributed by atoms with E-state index in [2.05, 4.69) is 0 Å². The summed E-state index contributed by atoms with van der Waals surface area (Å²) in [6.07, 6.45) is 0.641. The first-order valence-electron chi connectivity index (χ1n) is 6.23. The second-order valence-electron chi connectivity index (χ2n) is 4.76. The van der Waals surface area contributed by atoms with Gasteiger partial charge in [-0.25, -0.2) is 0 Å². The molecule has 1 heterocycles. The topological polar surface area (TPSA) is 27.4 Å². The van der Waals surface area contributed by atoms with Crippen LogP contribution in [0.4, 0.5) is 14.5 Å². The molecule has 0 aliphatic carbocycles. The molecular formula is C15H17F2N2O+. The van der Waals surface area contributed by atoms with Crippen LogP contribution in [0, 0.1) is 0 Å². The molecule has 0 spiro atoms. The van der Waals surface area contributed by atoms with Crippen molar-refractivity contribution >= 4 is 5.69 Å². The number of nitrogens with zero attached hydrogens (tertiary/aromatic N) is 2. The number of benzene rings is 1. The third kappa shape index (κ3) is 2.77. The van der Waals surface area contributed by atoms with Gasteiger partial charge in [0.2, 0.25) is 6.10 Å². The van der Waals surface area contributed by atoms with Gasteiger partial charge in [-0.15, -0.1) is 13.3 Å². The van der Waals surface area contributed by atoms with E-state index in [1.54, 1.807) is 30.3 Å². The van der Waals surface area contributed by atoms with E-state index in [9.17, 15) is 13.9 Å². The van der Waals surface area contributed by atoms with Crippen LogP contribution in [-0.4, -0.2) is 19.2 Å². The minimum Gasteiger partial charge on any atom is -0.377 e. The number of halogens is 2. The molecule has 20 heavy (non-hydrogen) atoms. The Bertz CT molecular complexity index is 556. The summed E-state index contributed by atoms with van der Waals surface area (Å²) in [7, 11) is 3.66. The quantitative estimate of drug-likeness (QED) is 0.870. The van der Waals surface area contributed by atoms with Crippen LogP contribution in [0.2, 0.25) is 0 Å². The smallest absolute Gasteiger partial charge is 0.377 e. The largest absolute Gasteiger partial charge is 0.492 e. The molecule has 0 fully saturated rings. The molecule has 1 aromatic carbocycles. The van der Waals surface area contributed by atoms with Crippen LogP contribution in [0.3, 0.4) is 0 Å². The molecule has 1 unspecified atom stereocenters. The van der Waals surface area contributed by atoms with Crippen molar-refractivity contribution in [3.63, 3.8) is 0 Å². The molecule has 106 valence electrons. The van der Waals surface area contributed by atoms with E-state index in [1.165, 1.54) is 24.5 Å². The average Bonchev–Trinajstić information content (AvgIpc) is 2.47. The highest BCUT2D eigenvalue weighted by Gasteiger charge is 2.49. The van der Waals surface area contributed by atoms with Gasteiger partial charge >= 0.3 is 6.05 Å². The Morgan fingerprint density at radius 3 is 2.10 bits per heavy atom. The summed E-state index contributed by atoms with van der Waals surface area (Å²) >= 11 is 0. The maximum atomic E-state index is 14.3. The lowest BCUT2D eigenvalue weighted by Gasteiger charge is -2.18. The SMILES string of the molecule is CN(C)c1cc[n+](C(F)(F)C(O)c2ccccc2)cc1. The van der Waals surface area contributed by atoms with Gasteiger partial charge in [-0.05, 0) is 5.56 Å². The van der Waals surface area contributed by atoms with Crippen LogP contribution in [0.5, 0.6) is 0 Å². The Morgan fingerprint density at radius 2 is 1.60 bits per heavy atom. The fourth-order valence-corrected chi connectivity index (χ4v) is 1.89. The Balaban J connectivity index is 2.29. The Morgan fingerprint density at radius 1 is 1.05 bits per heavy atom. The lowest BCUT2D eigenvalue weighted by Crippen LogP contribution is -2.53. The van der Waals surface area contributed by atoms with Gasteiger partial charge in [-0.2, -0.15) is 0 Å². The molecular weight excluding hydrogens is 262 g/mol. The summed E-state index contributed by atoms with van der Waals surface area (Å²) < 4.78 is 29.3. The molecule has 1 aromatic heterocycles. The zero-order chi connectivity index (χ0) is 14.8. The highest BCUT2D eigenvalue weighted by Crippen LogP contribution is 2.31. The summed E-state index contributed by atoms with van der Waals surface area (Å²) in [5.41, 5.74) is 0.993. The maximum absolute atomic E-state index is 14.3. The van der Waals surface area contributed by atoms with Crippen LogP contribution < -0.4 is 9.47 Å². The fourth-order valence-electron chi connectivity index (χ4n) is 1.89. The summed E-state index contributed by atoms with van der Waals surface area (Å²) in [4.78, 5) is 1.82. The molecule has 0 radical (unpaired) electrons. The molecule has 0 aliphatic rings. The van der Waals surface area contributed by atoms with Crippen molar-refractivity contribution in [3.8, 4) is 0 Å². The Hall–Kier alpha value is -2.01. The lowest BCUT2D eigenvalue weighted by molar-refractivity contribution is -0.833. The molecule has 1 atom stereocenters. The van der Waals surface area contributed by atoms with E-state index in [0.717, 1.165) is 10.3 Å². The molecule has 3 nitrogen and oxygen atoms in total. The molecule has 0 aliphatic heterocycles. The highest BCUT2D eigenvalue weighted by atomic mass is 19.3. The van der Waals surface area contributed by atoms with Crippen molar-refractivity contribution < 1.29 is 18.5 Å². The number of hydrogen-bond donors (Lipinski definition) is 1. The minimum atomic E-state index is -3.41. The second-order valence-corrected chi connectivity index (χ2v) is 4.76. The van der Waals surface area contributed by atoms with Crippen molar-refractivity contribution in [1.82, 2.24) is 0 Å². The molecule has 0 saturated heterocycles. The molecule has 0 amide bonds. The fraction of sp³-hybridized carbons (Fsp3) is 0.267. The van der Waals surface area contributed by atoms with Crippen LogP contribution in [-0.2, 0) is 6.05 Å². The van der Waals surface area contributed by atoms with Crippen molar-refractivity contribution in [2.45, 2.75) is 12.2 Å². The zero-order valence-electron chi connectivity index (χ0n) is 11.4. The number of rotatable bonds is 4. The molecule has 0 bridgehead atoms. The van der Waals surface area contributed by atoms with E-state index in [-0.39, 0.29) is 5.56 Å². The Labute approximate surface area is 116 Å². The summed E-state index contributed by atoms with van der Waals surface area (Å²) in [5.74, 6) is 0. The van der Waals surface area contributed by atoms with Gasteiger partial charge in [0.15, 0.2) is 12.4 Å². The van der Waals surface area contributed by atoms with Crippen molar-refractivity contribution in [1.29, 1.82) is 0 Å². The molecule has 0 saturated carbocycles. The monoisotopic (exact) mass is 279 g/mol. The van der Waals surface area contributed by atoms with Crippen LogP contribution in [0.25, 0.3) is 0 Å². The number of aliphatic hydroxyl groups is 1. The average molecular weight is 279 g/mol. The minimum absolute atomic E-state index is 0.182. The van der Waals surface area contributed by atoms with Crippen LogP contribution >= 0.6 is 0 Å². The lowest BCUT2D eigenvalue weighted by atomic mass is 10.1. The second kappa shape index (κ2) is 5.54. The van der Waals surface area contributed by atoms with Crippen molar-refractivity contribution in [3.05, 3.63) is 60.4 Å². The Kier molecular flexibility index (Phi) is 3.99. The predicted octanol–water partition coefficient (Wildman–Crippen LogP) is 2.32. The van der Waals surface area contributed by atoms with Crippen molar-refractivity contribution in [2.24, 2.45) is 0 Å². The highest BCUT2D eigenvalue weighted by molar-refractivity contribution is 5.41. The number of anilines is 1. The standard InChI is InChI=1S/C15H17F2N2O/c1-18(2)13-8-10-19(11-9-13)15(16,17)14(20)12-6-4-3-5-7-12/h3-11,14,20H,1-2H3/q+1. The first kappa shape index (κ1) is 14.4. The van der Waals surface area contributed by atoms with Gasteiger partial charge in [0, 0.05) is 31.9 Å². The molecule has 1 N–H and O–H groups in total. The number of hydrogen-bond acceptors (Lipinski definition) is 2. The number of aromatic nitrogens is 1. The van der Waals surface area contributed by atoms with E-state index in [1.807, 2.05) is 19.0 Å². The predicted molar refractivity (Wildman–Crippen MR) is 72.6 cm³/mol. The van der Waals surface area contributed by atoms with E-state index in [0.29, 0.717) is 0 Å². The van der Waals surface area contributed by atoms with Crippen LogP contribution in [0.15, 0.2) is 54.9 Å². The van der Waals surface area contributed by atoms with Crippen molar-refractivity contribution in [2.75, 3.05) is 19.0 Å². The number of alkyl halides is 2. The van der Waals surface area contributed by atoms with Gasteiger partial charge in [0.25, 0.3) is 0 Å². The number of aliphatic hydroxyl groups excluding tert-OH is 1. The van der Waals surface area contributed by atoms with E-state index in [4.69, 9.17) is 0 Å². The molecule has 2 rings (SSSR count). The van der Waals surface area contributed by atoms with Gasteiger partial charge in [0.05, 0.1) is 0 Å². The first-order valence-corrected chi connectivity index (χ1v) is 6.23. The van der Waals surface area contributed by atoms with Gasteiger partial charge < -0.3 is 10.0 Å². The summed E-state index contributed by atoms with van der Waals surface area (Å²) in [6, 6.07) is 7.65. The molecule has 2 aromatic rings. The maximum Gasteiger partial charge on any atom is 0.492 e. The zero-order valence-corrected chi connectivity index (χ0v) is 11.4. The van der Waals surface area contributed by atoms with Gasteiger partial charge in [-0.3, -0.25) is 0 Å². The third-order valence-corrected chi connectivity index (χ3v) is 3.12. The van der Waals surface area contributed by atoms with Gasteiger partial charge in [0.1, 0.15) is 0 Å². The molecule has 5 heteroatoms. The summed E-state index contributed by atoms with van der Waals surface area (Å²) in [6.45, 7) is 0. The number of pyridine rings is 1. The third-order valence-electron chi connectivity index (χ3n) is 3.12. The summed E-state index contributed by atoms with van der Waals surface area (Å²) in [5, 5.41) is 9.90. The first-order chi connectivity index (χ1) is 9.43. The van der Waals surface area contributed by atoms with Gasteiger partial charge in [-0.1, -0.05) is 30.3 Å².